The topological polar surface area (TPSA) is 116 Å². The highest BCUT2D eigenvalue weighted by atomic mass is 16.2. The fourth-order valence-corrected chi connectivity index (χ4v) is 5.67. The maximum absolute atomic E-state index is 13.9. The molecule has 9 nitrogen and oxygen atoms in total. The molecule has 2 aliphatic carbocycles. The molecular formula is C27H42N4O5. The van der Waals surface area contributed by atoms with Crippen LogP contribution in [0.4, 0.5) is 0 Å². The summed E-state index contributed by atoms with van der Waals surface area (Å²) in [6, 6.07) is -2.38. The van der Waals surface area contributed by atoms with Gasteiger partial charge in [-0.05, 0) is 35.0 Å². The summed E-state index contributed by atoms with van der Waals surface area (Å²) in [6.45, 7) is 15.0. The summed E-state index contributed by atoms with van der Waals surface area (Å²) in [6.07, 6.45) is 2.44. The standard InChI is InChI=1S/C27H42N4O5/c1-14(2)22(33)29-21(26(3,4)5)25(36)31-13-16-18(27(16,6)7)19(31)23(34)28-17(12-15-8-9-15)20(32)24(35)30-10-11-30/h14-19,21H,8-13H2,1-7H3,(H,28,34)(H,29,33)/t16-,17?,18-,19-,21?/m0/s1. The average Bonchev–Trinajstić information content (AvgIpc) is 3.72. The summed E-state index contributed by atoms with van der Waals surface area (Å²) in [4.78, 5) is 68.7. The highest BCUT2D eigenvalue weighted by molar-refractivity contribution is 6.38. The van der Waals surface area contributed by atoms with Crippen LogP contribution in [-0.2, 0) is 24.0 Å². The Morgan fingerprint density at radius 2 is 1.61 bits per heavy atom. The number of piperidine rings is 1. The molecule has 5 atom stereocenters. The van der Waals surface area contributed by atoms with Crippen LogP contribution in [0.25, 0.3) is 0 Å². The van der Waals surface area contributed by atoms with Crippen LogP contribution in [0.15, 0.2) is 0 Å². The van der Waals surface area contributed by atoms with Crippen LogP contribution in [0, 0.1) is 34.5 Å². The van der Waals surface area contributed by atoms with Gasteiger partial charge in [-0.3, -0.25) is 24.0 Å². The fraction of sp³-hybridized carbons (Fsp3) is 0.815. The molecular weight excluding hydrogens is 460 g/mol. The summed E-state index contributed by atoms with van der Waals surface area (Å²) >= 11 is 0. The summed E-state index contributed by atoms with van der Waals surface area (Å²) in [7, 11) is 0. The number of carbonyl (C=O) groups is 5. The van der Waals surface area contributed by atoms with Crippen molar-refractivity contribution in [2.45, 2.75) is 85.9 Å². The van der Waals surface area contributed by atoms with Gasteiger partial charge in [0.1, 0.15) is 12.1 Å². The second-order valence-corrected chi connectivity index (χ2v) is 13.2. The number of amides is 4. The van der Waals surface area contributed by atoms with Gasteiger partial charge in [-0.25, -0.2) is 0 Å². The lowest BCUT2D eigenvalue weighted by Crippen LogP contribution is -2.60. The van der Waals surface area contributed by atoms with Gasteiger partial charge in [-0.2, -0.15) is 0 Å². The van der Waals surface area contributed by atoms with Gasteiger partial charge < -0.3 is 20.4 Å². The molecule has 2 N–H and O–H groups in total. The van der Waals surface area contributed by atoms with E-state index in [1.165, 1.54) is 4.90 Å². The van der Waals surface area contributed by atoms with E-state index in [9.17, 15) is 24.0 Å². The molecule has 0 aromatic carbocycles. The molecule has 4 rings (SSSR count). The van der Waals surface area contributed by atoms with E-state index in [1.54, 1.807) is 18.7 Å². The van der Waals surface area contributed by atoms with Gasteiger partial charge in [0.05, 0.1) is 6.04 Å². The first-order valence-corrected chi connectivity index (χ1v) is 13.4. The third-order valence-corrected chi connectivity index (χ3v) is 8.53. The number of Topliss-reactive ketones (excluding diaryl/α,β-unsaturated/α-hetero) is 1. The van der Waals surface area contributed by atoms with E-state index in [0.29, 0.717) is 32.0 Å². The van der Waals surface area contributed by atoms with Crippen molar-refractivity contribution in [2.24, 2.45) is 34.5 Å². The molecule has 2 aliphatic heterocycles. The van der Waals surface area contributed by atoms with Crippen LogP contribution >= 0.6 is 0 Å². The van der Waals surface area contributed by atoms with Gasteiger partial charge >= 0.3 is 0 Å². The second kappa shape index (κ2) is 9.14. The van der Waals surface area contributed by atoms with E-state index >= 15 is 0 Å². The largest absolute Gasteiger partial charge is 0.344 e. The van der Waals surface area contributed by atoms with Gasteiger partial charge in [0, 0.05) is 25.6 Å². The quantitative estimate of drug-likeness (QED) is 0.365. The van der Waals surface area contributed by atoms with E-state index in [0.717, 1.165) is 12.8 Å². The Balaban J connectivity index is 1.55. The first-order valence-electron chi connectivity index (χ1n) is 13.4. The third kappa shape index (κ3) is 5.16. The van der Waals surface area contributed by atoms with Gasteiger partial charge in [0.2, 0.25) is 23.5 Å². The average molecular weight is 503 g/mol. The number of nitrogens with one attached hydrogen (secondary N) is 2. The Labute approximate surface area is 214 Å². The van der Waals surface area contributed by atoms with Crippen LogP contribution in [0.5, 0.6) is 0 Å². The van der Waals surface area contributed by atoms with Crippen molar-refractivity contribution in [1.29, 1.82) is 0 Å². The van der Waals surface area contributed by atoms with Crippen molar-refractivity contribution >= 4 is 29.4 Å². The molecule has 0 bridgehead atoms. The van der Waals surface area contributed by atoms with E-state index in [1.807, 2.05) is 20.8 Å². The maximum atomic E-state index is 13.9. The zero-order valence-corrected chi connectivity index (χ0v) is 22.7. The highest BCUT2D eigenvalue weighted by Crippen LogP contribution is 2.65. The van der Waals surface area contributed by atoms with Crippen molar-refractivity contribution in [3.05, 3.63) is 0 Å². The number of likely N-dealkylation sites (tertiary alicyclic amines) is 1. The summed E-state index contributed by atoms with van der Waals surface area (Å²) in [5, 5.41) is 5.80. The molecule has 2 saturated carbocycles. The fourth-order valence-electron chi connectivity index (χ4n) is 5.67. The number of rotatable bonds is 9. The molecule has 4 aliphatic rings. The number of carbonyl (C=O) groups excluding carboxylic acids is 5. The first kappa shape index (κ1) is 26.6. The Morgan fingerprint density at radius 3 is 2.11 bits per heavy atom. The van der Waals surface area contributed by atoms with Crippen LogP contribution in [-0.4, -0.2) is 77.0 Å². The van der Waals surface area contributed by atoms with Gasteiger partial charge in [0.15, 0.2) is 0 Å². The highest BCUT2D eigenvalue weighted by Gasteiger charge is 2.70. The van der Waals surface area contributed by atoms with E-state index in [-0.39, 0.29) is 40.9 Å². The summed E-state index contributed by atoms with van der Waals surface area (Å²) in [5.74, 6) is -1.74. The van der Waals surface area contributed by atoms with E-state index in [4.69, 9.17) is 0 Å². The van der Waals surface area contributed by atoms with Crippen LogP contribution in [0.3, 0.4) is 0 Å². The minimum atomic E-state index is -0.866. The molecule has 4 amide bonds. The lowest BCUT2D eigenvalue weighted by molar-refractivity contribution is -0.147. The number of hydrogen-bond donors (Lipinski definition) is 2. The van der Waals surface area contributed by atoms with Crippen LogP contribution < -0.4 is 10.6 Å². The molecule has 0 spiro atoms. The molecule has 9 heteroatoms. The van der Waals surface area contributed by atoms with E-state index in [2.05, 4.69) is 24.5 Å². The number of fused-ring (bicyclic) bond motifs is 1. The predicted molar refractivity (Wildman–Crippen MR) is 133 cm³/mol. The molecule has 4 fully saturated rings. The number of hydrogen-bond acceptors (Lipinski definition) is 5. The molecule has 0 radical (unpaired) electrons. The molecule has 0 aromatic heterocycles. The Morgan fingerprint density at radius 1 is 1.00 bits per heavy atom. The number of nitrogens with zero attached hydrogens (tertiary/aromatic N) is 2. The second-order valence-electron chi connectivity index (χ2n) is 13.2. The molecule has 36 heavy (non-hydrogen) atoms. The van der Waals surface area contributed by atoms with Crippen LogP contribution in [0.1, 0.15) is 67.7 Å². The maximum Gasteiger partial charge on any atom is 0.292 e. The van der Waals surface area contributed by atoms with Crippen molar-refractivity contribution < 1.29 is 24.0 Å². The summed E-state index contributed by atoms with van der Waals surface area (Å²) in [5.41, 5.74) is -0.650. The minimum Gasteiger partial charge on any atom is -0.344 e. The lowest BCUT2D eigenvalue weighted by Gasteiger charge is -2.38. The molecule has 200 valence electrons. The van der Waals surface area contributed by atoms with Gasteiger partial charge in [-0.1, -0.05) is 61.3 Å². The molecule has 0 aromatic rings. The van der Waals surface area contributed by atoms with Crippen molar-refractivity contribution in [3.8, 4) is 0 Å². The normalized spacial score (nSPS) is 27.7. The smallest absolute Gasteiger partial charge is 0.292 e. The Hall–Kier alpha value is -2.45. The minimum absolute atomic E-state index is 0.0255. The molecule has 2 saturated heterocycles. The van der Waals surface area contributed by atoms with Crippen molar-refractivity contribution in [2.75, 3.05) is 19.6 Å². The van der Waals surface area contributed by atoms with Gasteiger partial charge in [-0.15, -0.1) is 0 Å². The third-order valence-electron chi connectivity index (χ3n) is 8.53. The first-order chi connectivity index (χ1) is 16.6. The lowest BCUT2D eigenvalue weighted by atomic mass is 9.84. The Kier molecular flexibility index (Phi) is 6.75. The monoisotopic (exact) mass is 502 g/mol. The van der Waals surface area contributed by atoms with Gasteiger partial charge in [0.25, 0.3) is 5.91 Å². The van der Waals surface area contributed by atoms with Crippen molar-refractivity contribution in [3.63, 3.8) is 0 Å². The zero-order chi connectivity index (χ0) is 26.7. The Bertz CT molecular complexity index is 960. The predicted octanol–water partition coefficient (Wildman–Crippen LogP) is 1.35. The van der Waals surface area contributed by atoms with Crippen LogP contribution in [0.2, 0.25) is 0 Å². The molecule has 2 unspecified atom stereocenters. The summed E-state index contributed by atoms with van der Waals surface area (Å²) < 4.78 is 0. The zero-order valence-electron chi connectivity index (χ0n) is 22.7. The molecule has 2 heterocycles. The van der Waals surface area contributed by atoms with Crippen molar-refractivity contribution in [1.82, 2.24) is 20.4 Å². The van der Waals surface area contributed by atoms with E-state index < -0.39 is 35.2 Å². The SMILES string of the molecule is CC(C)C(=O)NC(C(=O)N1C[C@H]2[C@@H]([C@H]1C(=O)NC(CC1CC1)C(=O)C(=O)N1CC1)C2(C)C)C(C)(C)C. The number of ketones is 1.